The number of esters is 2. The highest BCUT2D eigenvalue weighted by Gasteiger charge is 2.73. The Bertz CT molecular complexity index is 2440. The van der Waals surface area contributed by atoms with Gasteiger partial charge in [-0.2, -0.15) is 0 Å². The number of aliphatic hydroxyl groups excluding tert-OH is 12. The third-order valence-electron chi connectivity index (χ3n) is 21.9. The molecular weight excluding hydrogens is 1110 g/mol. The fourth-order valence-electron chi connectivity index (χ4n) is 16.9. The number of hydrogen-bond donors (Lipinski definition) is 13. The van der Waals surface area contributed by atoms with Gasteiger partial charge in [-0.1, -0.05) is 59.3 Å². The molecule has 0 aromatic rings. The second-order valence-electron chi connectivity index (χ2n) is 26.7. The number of aliphatic hydroxyl groups is 12. The zero-order valence-corrected chi connectivity index (χ0v) is 49.1. The highest BCUT2D eigenvalue weighted by Crippen LogP contribution is 2.76. The van der Waals surface area contributed by atoms with Crippen LogP contribution in [0, 0.1) is 50.7 Å². The van der Waals surface area contributed by atoms with Crippen molar-refractivity contribution in [1.82, 2.24) is 0 Å². The maximum atomic E-state index is 13.3. The van der Waals surface area contributed by atoms with Crippen LogP contribution in [0.15, 0.2) is 23.3 Å². The van der Waals surface area contributed by atoms with E-state index in [0.29, 0.717) is 44.1 Å². The van der Waals surface area contributed by atoms with Crippen molar-refractivity contribution in [1.29, 1.82) is 0 Å². The van der Waals surface area contributed by atoms with Gasteiger partial charge in [0.15, 0.2) is 31.3 Å². The highest BCUT2D eigenvalue weighted by molar-refractivity contribution is 5.87. The first-order chi connectivity index (χ1) is 39.4. The molecule has 4 saturated heterocycles. The number of carboxylic acids is 1. The number of hydrogen-bond acceptors (Lipinski definition) is 25. The molecule has 0 bridgehead atoms. The molecule has 9 aliphatic rings. The molecule has 4 aliphatic heterocycles. The lowest BCUT2D eigenvalue weighted by molar-refractivity contribution is -0.399. The Labute approximate surface area is 487 Å². The number of allylic oxidation sites excluding steroid dienone is 3. The van der Waals surface area contributed by atoms with Gasteiger partial charge in [0.1, 0.15) is 91.6 Å². The van der Waals surface area contributed by atoms with Crippen LogP contribution in [0.3, 0.4) is 0 Å². The zero-order chi connectivity index (χ0) is 61.7. The summed E-state index contributed by atoms with van der Waals surface area (Å²) in [6.07, 6.45) is -30.4. The van der Waals surface area contributed by atoms with Crippen molar-refractivity contribution in [2.24, 2.45) is 50.7 Å². The molecule has 0 radical (unpaired) electrons. The van der Waals surface area contributed by atoms with Crippen LogP contribution in [0.2, 0.25) is 0 Å². The topological polar surface area (TPSA) is 407 Å². The quantitative estimate of drug-likeness (QED) is 0.0404. The van der Waals surface area contributed by atoms with Gasteiger partial charge in [-0.05, 0) is 104 Å². The molecule has 8 fully saturated rings. The average Bonchev–Trinajstić information content (AvgIpc) is 0.688. The maximum absolute atomic E-state index is 13.3. The van der Waals surface area contributed by atoms with Gasteiger partial charge in [-0.25, -0.2) is 9.59 Å². The smallest absolute Gasteiger partial charge is 0.335 e. The van der Waals surface area contributed by atoms with Crippen LogP contribution < -0.4 is 0 Å². The lowest BCUT2D eigenvalue weighted by atomic mass is 9.33. The SMILES string of the molecule is C/C=C(/C)C(=O)O[C@@H]1[C@H](C)C[C@H]2C3=CC[C@@H]4[C@@]5(C)CC[C@H](O[C@@H]6O[C@H](C(=O)O)[C@@H](O)[C@H](O[C@@H]7OC[C@H](O)[C@H](O)[C@H]7O[C@@H]7OC[C@@H](O)[C@H](O)[C@H]7O)[C@H]6O[C@@H]6O[C@H](CO)[C@H](O)[C@H](O)[C@H]6O)C(C)(C)[C@@H]5CC[C@@]4(C)[C@]3(C)C[C@@H](O)[C@@]2(CO)[C@H]1OC(C)=O. The van der Waals surface area contributed by atoms with Crippen LogP contribution in [0.5, 0.6) is 0 Å². The lowest BCUT2D eigenvalue weighted by Gasteiger charge is -2.72. The van der Waals surface area contributed by atoms with E-state index >= 15 is 0 Å². The second-order valence-corrected chi connectivity index (χ2v) is 26.7. The van der Waals surface area contributed by atoms with Crippen LogP contribution in [-0.2, 0) is 61.8 Å². The molecule has 478 valence electrons. The number of carbonyl (C=O) groups is 3. The van der Waals surface area contributed by atoms with Crippen LogP contribution >= 0.6 is 0 Å². The Morgan fingerprint density at radius 3 is 1.94 bits per heavy atom. The molecule has 0 amide bonds. The predicted molar refractivity (Wildman–Crippen MR) is 284 cm³/mol. The minimum atomic E-state index is -2.21. The van der Waals surface area contributed by atoms with Gasteiger partial charge in [0.05, 0.1) is 44.1 Å². The molecule has 0 aromatic carbocycles. The first-order valence-corrected chi connectivity index (χ1v) is 29.5. The number of carbonyl (C=O) groups excluding carboxylic acids is 2. The van der Waals surface area contributed by atoms with E-state index in [1.807, 2.05) is 20.8 Å². The summed E-state index contributed by atoms with van der Waals surface area (Å²) < 4.78 is 60.7. The molecule has 84 heavy (non-hydrogen) atoms. The van der Waals surface area contributed by atoms with Gasteiger partial charge in [0.25, 0.3) is 0 Å². The molecule has 13 N–H and O–H groups in total. The fraction of sp³-hybridized carbons (Fsp3) is 0.879. The summed E-state index contributed by atoms with van der Waals surface area (Å²) >= 11 is 0. The molecule has 0 unspecified atom stereocenters. The van der Waals surface area contributed by atoms with E-state index in [0.717, 1.165) is 5.57 Å². The van der Waals surface area contributed by atoms with Crippen molar-refractivity contribution in [3.05, 3.63) is 23.3 Å². The van der Waals surface area contributed by atoms with Gasteiger partial charge in [0, 0.05) is 12.5 Å². The Balaban J connectivity index is 1.03. The summed E-state index contributed by atoms with van der Waals surface area (Å²) in [6, 6.07) is 0. The minimum Gasteiger partial charge on any atom is -0.479 e. The monoisotopic (exact) mass is 1200 g/mol. The predicted octanol–water partition coefficient (Wildman–Crippen LogP) is -1.58. The first-order valence-electron chi connectivity index (χ1n) is 29.5. The lowest BCUT2D eigenvalue weighted by Crippen LogP contribution is -2.71. The molecule has 26 heteroatoms. The highest BCUT2D eigenvalue weighted by atomic mass is 16.8. The van der Waals surface area contributed by atoms with Gasteiger partial charge in [0.2, 0.25) is 0 Å². The second kappa shape index (κ2) is 24.5. The van der Waals surface area contributed by atoms with E-state index in [1.165, 1.54) is 6.92 Å². The Hall–Kier alpha value is -2.91. The largest absolute Gasteiger partial charge is 0.479 e. The average molecular weight is 1200 g/mol. The standard InChI is InChI=1S/C58H90O26/c1-10-23(2)49(74)80-42-24(3)17-27-26-11-12-32-55(7)15-14-34(54(5,6)31(55)13-16-56(32,8)57(26,9)18-33(64)58(27,22-60)47(42)77-25(4)61)79-53-46(84-51-40(70)38(68)37(67)30(19-59)78-51)43(41(71)44(82-53)48(72)73)81-52-45(36(66)29(63)21-76-52)83-50-39(69)35(65)28(62)20-75-50/h10-11,24,27-47,50-53,59-60,62-71H,12-22H2,1-9H3,(H,72,73)/b23-10-/t24-,27+,28-,29+,30-,31+,32-,33-,34+,35+,36+,37+,38+,39-,40-,41+,42-,43+,44+,45-,46-,47+,50+,51+,52+,53-,55+,56-,57-,58+/m1/s1. The number of fused-ring (bicyclic) bond motifs is 7. The maximum Gasteiger partial charge on any atom is 0.335 e. The Morgan fingerprint density at radius 2 is 1.31 bits per heavy atom. The summed E-state index contributed by atoms with van der Waals surface area (Å²) in [6.45, 7) is 14.7. The molecule has 4 heterocycles. The number of rotatable bonds is 14. The number of ether oxygens (including phenoxy) is 10. The fourth-order valence-corrected chi connectivity index (χ4v) is 16.9. The summed E-state index contributed by atoms with van der Waals surface area (Å²) in [7, 11) is 0. The molecule has 9 rings (SSSR count). The van der Waals surface area contributed by atoms with E-state index in [4.69, 9.17) is 47.4 Å². The third-order valence-corrected chi connectivity index (χ3v) is 21.9. The van der Waals surface area contributed by atoms with E-state index in [1.54, 1.807) is 19.9 Å². The van der Waals surface area contributed by atoms with Crippen molar-refractivity contribution >= 4 is 17.9 Å². The summed E-state index contributed by atoms with van der Waals surface area (Å²) in [5.74, 6) is -3.83. The van der Waals surface area contributed by atoms with Gasteiger partial charge < -0.3 is 114 Å². The summed E-state index contributed by atoms with van der Waals surface area (Å²) in [5.41, 5.74) is -2.29. The van der Waals surface area contributed by atoms with Crippen molar-refractivity contribution in [2.45, 2.75) is 242 Å². The van der Waals surface area contributed by atoms with E-state index in [9.17, 15) is 80.8 Å². The van der Waals surface area contributed by atoms with Crippen LogP contribution in [-0.4, -0.2) is 246 Å². The molecule has 0 aromatic heterocycles. The zero-order valence-electron chi connectivity index (χ0n) is 49.1. The molecule has 30 atom stereocenters. The van der Waals surface area contributed by atoms with Crippen molar-refractivity contribution in [2.75, 3.05) is 26.4 Å². The normalized spacial score (nSPS) is 51.2. The number of aliphatic carboxylic acids is 1. The minimum absolute atomic E-state index is 0.000148. The molecule has 4 saturated carbocycles. The Kier molecular flexibility index (Phi) is 19.1. The van der Waals surface area contributed by atoms with Gasteiger partial charge in [-0.3, -0.25) is 4.79 Å². The van der Waals surface area contributed by atoms with Gasteiger partial charge >= 0.3 is 17.9 Å². The van der Waals surface area contributed by atoms with Crippen molar-refractivity contribution in [3.63, 3.8) is 0 Å². The molecule has 26 nitrogen and oxygen atoms in total. The first kappa shape index (κ1) is 65.5. The van der Waals surface area contributed by atoms with Crippen molar-refractivity contribution < 1.29 is 128 Å². The van der Waals surface area contributed by atoms with E-state index in [-0.39, 0.29) is 24.2 Å². The van der Waals surface area contributed by atoms with E-state index in [2.05, 4.69) is 26.8 Å². The van der Waals surface area contributed by atoms with Gasteiger partial charge in [-0.15, -0.1) is 0 Å². The van der Waals surface area contributed by atoms with Crippen LogP contribution in [0.1, 0.15) is 107 Å². The summed E-state index contributed by atoms with van der Waals surface area (Å²) in [4.78, 5) is 39.4. The molecular formula is C58H90O26. The van der Waals surface area contributed by atoms with Crippen molar-refractivity contribution in [3.8, 4) is 0 Å². The summed E-state index contributed by atoms with van der Waals surface area (Å²) in [5, 5.41) is 143. The van der Waals surface area contributed by atoms with E-state index < -0.39 is 212 Å². The number of carboxylic acid groups (broad SMARTS) is 1. The molecule has 0 spiro atoms. The Morgan fingerprint density at radius 1 is 0.679 bits per heavy atom. The third kappa shape index (κ3) is 10.8. The van der Waals surface area contributed by atoms with Crippen LogP contribution in [0.4, 0.5) is 0 Å². The van der Waals surface area contributed by atoms with Crippen LogP contribution in [0.25, 0.3) is 0 Å². The molecule has 5 aliphatic carbocycles.